The smallest absolute Gasteiger partial charge is 0.0187 e. The summed E-state index contributed by atoms with van der Waals surface area (Å²) in [5.41, 5.74) is 1.44. The summed E-state index contributed by atoms with van der Waals surface area (Å²) < 4.78 is 0. The lowest BCUT2D eigenvalue weighted by Gasteiger charge is -2.16. The molecule has 0 aliphatic carbocycles. The van der Waals surface area contributed by atoms with Gasteiger partial charge < -0.3 is 10.2 Å². The molecule has 0 spiro atoms. The van der Waals surface area contributed by atoms with Crippen molar-refractivity contribution in [3.8, 4) is 0 Å². The minimum atomic E-state index is 1.07. The molecule has 0 heterocycles. The number of hydrogen-bond acceptors (Lipinski definition) is 2. The molecule has 0 rings (SSSR count). The third-order valence-electron chi connectivity index (χ3n) is 1.93. The van der Waals surface area contributed by atoms with E-state index < -0.39 is 0 Å². The van der Waals surface area contributed by atoms with Crippen molar-refractivity contribution >= 4 is 0 Å². The highest BCUT2D eigenvalue weighted by molar-refractivity contribution is 4.97. The second-order valence-electron chi connectivity index (χ2n) is 3.23. The topological polar surface area (TPSA) is 15.3 Å². The van der Waals surface area contributed by atoms with Crippen molar-refractivity contribution in [2.24, 2.45) is 0 Å². The molecule has 1 N–H and O–H groups in total. The van der Waals surface area contributed by atoms with Crippen LogP contribution in [0.15, 0.2) is 11.6 Å². The quantitative estimate of drug-likeness (QED) is 0.480. The molecule has 2 heteroatoms. The van der Waals surface area contributed by atoms with Crippen LogP contribution in [-0.4, -0.2) is 38.1 Å². The van der Waals surface area contributed by atoms with E-state index in [9.17, 15) is 0 Å². The monoisotopic (exact) mass is 170 g/mol. The standard InChI is InChI=1S/C10H22N2/c1-5-10(3)9-12(4)8-7-11-6-2/h5,11H,6-9H2,1-4H3/b10-5+. The van der Waals surface area contributed by atoms with E-state index in [0.29, 0.717) is 0 Å². The summed E-state index contributed by atoms with van der Waals surface area (Å²) in [6.45, 7) is 10.8. The maximum absolute atomic E-state index is 3.31. The molecule has 0 radical (unpaired) electrons. The summed E-state index contributed by atoms with van der Waals surface area (Å²) in [5.74, 6) is 0. The van der Waals surface area contributed by atoms with Gasteiger partial charge in [-0.05, 0) is 27.4 Å². The van der Waals surface area contributed by atoms with Crippen molar-refractivity contribution in [1.82, 2.24) is 10.2 Å². The van der Waals surface area contributed by atoms with Gasteiger partial charge in [-0.3, -0.25) is 0 Å². The van der Waals surface area contributed by atoms with E-state index in [4.69, 9.17) is 0 Å². The fourth-order valence-electron chi connectivity index (χ4n) is 1.04. The molecule has 72 valence electrons. The van der Waals surface area contributed by atoms with Gasteiger partial charge in [-0.2, -0.15) is 0 Å². The first-order chi connectivity index (χ1) is 5.70. The summed E-state index contributed by atoms with van der Waals surface area (Å²) in [4.78, 5) is 2.33. The van der Waals surface area contributed by atoms with Crippen molar-refractivity contribution in [3.63, 3.8) is 0 Å². The number of allylic oxidation sites excluding steroid dienone is 1. The summed E-state index contributed by atoms with van der Waals surface area (Å²) in [7, 11) is 2.16. The van der Waals surface area contributed by atoms with Crippen LogP contribution in [0.3, 0.4) is 0 Å². The zero-order chi connectivity index (χ0) is 9.40. The Balaban J connectivity index is 3.39. The van der Waals surface area contributed by atoms with Gasteiger partial charge in [0.25, 0.3) is 0 Å². The molecule has 12 heavy (non-hydrogen) atoms. The zero-order valence-corrected chi connectivity index (χ0v) is 8.85. The predicted molar refractivity (Wildman–Crippen MR) is 55.5 cm³/mol. The molecule has 0 aliphatic rings. The Kier molecular flexibility index (Phi) is 7.11. The van der Waals surface area contributed by atoms with Crippen LogP contribution >= 0.6 is 0 Å². The maximum atomic E-state index is 3.31. The van der Waals surface area contributed by atoms with Crippen LogP contribution in [0.2, 0.25) is 0 Å². The van der Waals surface area contributed by atoms with Crippen LogP contribution in [0, 0.1) is 0 Å². The average Bonchev–Trinajstić information content (AvgIpc) is 2.05. The van der Waals surface area contributed by atoms with E-state index in [1.165, 1.54) is 5.57 Å². The van der Waals surface area contributed by atoms with Crippen LogP contribution < -0.4 is 5.32 Å². The Morgan fingerprint density at radius 1 is 1.50 bits per heavy atom. The first-order valence-corrected chi connectivity index (χ1v) is 4.71. The highest BCUT2D eigenvalue weighted by Crippen LogP contribution is 1.94. The molecular weight excluding hydrogens is 148 g/mol. The summed E-state index contributed by atoms with van der Waals surface area (Å²) in [6.07, 6.45) is 2.17. The second kappa shape index (κ2) is 7.32. The minimum absolute atomic E-state index is 1.07. The molecule has 0 saturated heterocycles. The lowest BCUT2D eigenvalue weighted by molar-refractivity contribution is 0.359. The average molecular weight is 170 g/mol. The fourth-order valence-corrected chi connectivity index (χ4v) is 1.04. The van der Waals surface area contributed by atoms with Crippen LogP contribution in [0.1, 0.15) is 20.8 Å². The Labute approximate surface area is 76.6 Å². The highest BCUT2D eigenvalue weighted by Gasteiger charge is 1.96. The van der Waals surface area contributed by atoms with E-state index >= 15 is 0 Å². The van der Waals surface area contributed by atoms with Gasteiger partial charge in [0.05, 0.1) is 0 Å². The number of hydrogen-bond donors (Lipinski definition) is 1. The fraction of sp³-hybridized carbons (Fsp3) is 0.800. The van der Waals surface area contributed by atoms with Crippen molar-refractivity contribution in [3.05, 3.63) is 11.6 Å². The van der Waals surface area contributed by atoms with Gasteiger partial charge in [0.2, 0.25) is 0 Å². The number of rotatable bonds is 6. The van der Waals surface area contributed by atoms with Gasteiger partial charge in [0, 0.05) is 19.6 Å². The van der Waals surface area contributed by atoms with Crippen LogP contribution in [0.5, 0.6) is 0 Å². The SMILES string of the molecule is C/C=C(\C)CN(C)CCNCC. The molecule has 0 atom stereocenters. The molecule has 0 aromatic heterocycles. The van der Waals surface area contributed by atoms with Gasteiger partial charge >= 0.3 is 0 Å². The lowest BCUT2D eigenvalue weighted by atomic mass is 10.3. The zero-order valence-electron chi connectivity index (χ0n) is 8.85. The van der Waals surface area contributed by atoms with Crippen LogP contribution in [-0.2, 0) is 0 Å². The molecule has 2 nitrogen and oxygen atoms in total. The van der Waals surface area contributed by atoms with Gasteiger partial charge in [-0.15, -0.1) is 0 Å². The Bertz CT molecular complexity index is 130. The summed E-state index contributed by atoms with van der Waals surface area (Å²) in [5, 5.41) is 3.31. The second-order valence-corrected chi connectivity index (χ2v) is 3.23. The van der Waals surface area contributed by atoms with Crippen LogP contribution in [0.25, 0.3) is 0 Å². The lowest BCUT2D eigenvalue weighted by Crippen LogP contribution is -2.30. The number of likely N-dealkylation sites (N-methyl/N-ethyl adjacent to an activating group) is 2. The van der Waals surface area contributed by atoms with Crippen molar-refractivity contribution in [1.29, 1.82) is 0 Å². The molecule has 0 aromatic carbocycles. The van der Waals surface area contributed by atoms with Crippen LogP contribution in [0.4, 0.5) is 0 Å². The Morgan fingerprint density at radius 3 is 2.67 bits per heavy atom. The van der Waals surface area contributed by atoms with E-state index in [-0.39, 0.29) is 0 Å². The molecule has 0 unspecified atom stereocenters. The van der Waals surface area contributed by atoms with Crippen molar-refractivity contribution in [2.45, 2.75) is 20.8 Å². The number of nitrogens with one attached hydrogen (secondary N) is 1. The third kappa shape index (κ3) is 6.38. The molecule has 0 amide bonds. The molecule has 0 aromatic rings. The summed E-state index contributed by atoms with van der Waals surface area (Å²) >= 11 is 0. The minimum Gasteiger partial charge on any atom is -0.316 e. The summed E-state index contributed by atoms with van der Waals surface area (Å²) in [6, 6.07) is 0. The Hall–Kier alpha value is -0.340. The van der Waals surface area contributed by atoms with Crippen molar-refractivity contribution < 1.29 is 0 Å². The van der Waals surface area contributed by atoms with Gasteiger partial charge in [-0.25, -0.2) is 0 Å². The first kappa shape index (κ1) is 11.7. The molecule has 0 bridgehead atoms. The highest BCUT2D eigenvalue weighted by atomic mass is 15.1. The van der Waals surface area contributed by atoms with E-state index in [2.05, 4.69) is 44.1 Å². The first-order valence-electron chi connectivity index (χ1n) is 4.71. The predicted octanol–water partition coefficient (Wildman–Crippen LogP) is 1.49. The Morgan fingerprint density at radius 2 is 2.17 bits per heavy atom. The van der Waals surface area contributed by atoms with E-state index in [1.54, 1.807) is 0 Å². The maximum Gasteiger partial charge on any atom is 0.0187 e. The third-order valence-corrected chi connectivity index (χ3v) is 1.93. The molecular formula is C10H22N2. The van der Waals surface area contributed by atoms with Gasteiger partial charge in [0.1, 0.15) is 0 Å². The van der Waals surface area contributed by atoms with Crippen molar-refractivity contribution in [2.75, 3.05) is 33.2 Å². The van der Waals surface area contributed by atoms with E-state index in [0.717, 1.165) is 26.2 Å². The molecule has 0 saturated carbocycles. The largest absolute Gasteiger partial charge is 0.316 e. The molecule has 0 aliphatic heterocycles. The van der Waals surface area contributed by atoms with Gasteiger partial charge in [0.15, 0.2) is 0 Å². The number of nitrogens with zero attached hydrogens (tertiary/aromatic N) is 1. The normalized spacial score (nSPS) is 12.6. The molecule has 0 fully saturated rings. The van der Waals surface area contributed by atoms with Gasteiger partial charge in [-0.1, -0.05) is 18.6 Å². The van der Waals surface area contributed by atoms with E-state index in [1.807, 2.05) is 0 Å².